The molecule has 0 saturated heterocycles. The van der Waals surface area contributed by atoms with Crippen LogP contribution in [0.3, 0.4) is 0 Å². The molecule has 4 heteroatoms. The van der Waals surface area contributed by atoms with Crippen LogP contribution in [0.15, 0.2) is 194 Å². The van der Waals surface area contributed by atoms with Crippen molar-refractivity contribution in [3.63, 3.8) is 0 Å². The summed E-state index contributed by atoms with van der Waals surface area (Å²) in [5, 5.41) is 0. The third kappa shape index (κ3) is 9.40. The van der Waals surface area contributed by atoms with Gasteiger partial charge in [-0.2, -0.15) is 0 Å². The van der Waals surface area contributed by atoms with E-state index >= 15 is 0 Å². The van der Waals surface area contributed by atoms with Crippen molar-refractivity contribution in [2.24, 2.45) is 0 Å². The fourth-order valence-corrected chi connectivity index (χ4v) is 11.4. The Bertz CT molecular complexity index is 3450. The van der Waals surface area contributed by atoms with E-state index in [1.165, 1.54) is 79.9 Å². The lowest BCUT2D eigenvalue weighted by Gasteiger charge is -2.29. The number of hydrogen-bond acceptors (Lipinski definition) is 2. The van der Waals surface area contributed by atoms with E-state index in [-0.39, 0.29) is 33.3 Å². The van der Waals surface area contributed by atoms with Crippen LogP contribution >= 0.6 is 0 Å². The maximum absolute atomic E-state index is 14.2. The number of halogens is 2. The lowest BCUT2D eigenvalue weighted by atomic mass is 9.81. The first-order valence-electron chi connectivity index (χ1n) is 26.6. The van der Waals surface area contributed by atoms with Crippen LogP contribution in [0.1, 0.15) is 125 Å². The molecular weight excluding hydrogens is 931 g/mol. The second kappa shape index (κ2) is 18.9. The Balaban J connectivity index is 0.796. The smallest absolute Gasteiger partial charge is 0.123 e. The van der Waals surface area contributed by atoms with Crippen LogP contribution in [0.25, 0.3) is 46.6 Å². The molecule has 0 unspecified atom stereocenters. The van der Waals surface area contributed by atoms with E-state index < -0.39 is 0 Å². The van der Waals surface area contributed by atoms with Gasteiger partial charge in [-0.15, -0.1) is 0 Å². The van der Waals surface area contributed by atoms with Gasteiger partial charge in [0.1, 0.15) is 11.6 Å². The monoisotopic (exact) mass is 997 g/mol. The summed E-state index contributed by atoms with van der Waals surface area (Å²) in [4.78, 5) is 4.45. The van der Waals surface area contributed by atoms with Gasteiger partial charge in [0.15, 0.2) is 0 Å². The van der Waals surface area contributed by atoms with Crippen LogP contribution in [0.5, 0.6) is 0 Å². The van der Waals surface area contributed by atoms with Gasteiger partial charge in [-0.1, -0.05) is 191 Å². The molecule has 0 radical (unpaired) electrons. The Labute approximate surface area is 449 Å². The lowest BCUT2D eigenvalue weighted by Crippen LogP contribution is -2.17. The summed E-state index contributed by atoms with van der Waals surface area (Å²) in [6, 6.07) is 67.0. The Hall–Kier alpha value is -8.08. The Morgan fingerprint density at radius 1 is 0.303 bits per heavy atom. The van der Waals surface area contributed by atoms with E-state index in [9.17, 15) is 8.78 Å². The number of anilines is 6. The topological polar surface area (TPSA) is 6.48 Å². The van der Waals surface area contributed by atoms with Gasteiger partial charge in [-0.05, 0) is 186 Å². The first kappa shape index (κ1) is 50.1. The molecule has 378 valence electrons. The zero-order valence-corrected chi connectivity index (χ0v) is 45.4. The van der Waals surface area contributed by atoms with E-state index in [1.807, 2.05) is 24.3 Å². The van der Waals surface area contributed by atoms with E-state index in [1.54, 1.807) is 0 Å². The average molecular weight is 997 g/mol. The van der Waals surface area contributed by atoms with Gasteiger partial charge in [0.25, 0.3) is 0 Å². The number of nitrogens with zero attached hydrogens (tertiary/aromatic N) is 2. The molecule has 0 aromatic heterocycles. The molecule has 9 aromatic carbocycles. The SMILES string of the molecule is CC(C)(C)c1ccc(N(c2ccc(F)cc2)c2ccc3c(c2)C(C)(C)c2cc(/C=C/c4ccc(/C=C/c5ccc6c(c5)C(C)(C)c5cc(N(c7ccc(F)cc7)c7ccc(C(C)(C)C)cc7)ccc5-6)cc4)ccc2-3)cc1. The largest absolute Gasteiger partial charge is 0.310 e. The Morgan fingerprint density at radius 3 is 0.868 bits per heavy atom. The second-order valence-corrected chi connectivity index (χ2v) is 23.9. The van der Waals surface area contributed by atoms with Crippen molar-refractivity contribution in [2.45, 2.75) is 90.9 Å². The molecule has 0 aliphatic heterocycles. The molecule has 0 saturated carbocycles. The predicted molar refractivity (Wildman–Crippen MR) is 319 cm³/mol. The first-order valence-corrected chi connectivity index (χ1v) is 26.6. The molecule has 2 aliphatic rings. The van der Waals surface area contributed by atoms with Crippen LogP contribution in [0.2, 0.25) is 0 Å². The Kier molecular flexibility index (Phi) is 12.5. The van der Waals surface area contributed by atoms with Crippen molar-refractivity contribution >= 4 is 58.4 Å². The molecule has 0 fully saturated rings. The molecule has 9 aromatic rings. The minimum absolute atomic E-state index is 0.0349. The fraction of sp³-hybridized carbons (Fsp3) is 0.194. The number of hydrogen-bond donors (Lipinski definition) is 0. The minimum atomic E-state index is -0.251. The summed E-state index contributed by atoms with van der Waals surface area (Å²) in [5.41, 5.74) is 22.8. The summed E-state index contributed by atoms with van der Waals surface area (Å²) < 4.78 is 28.4. The molecule has 2 nitrogen and oxygen atoms in total. The molecule has 11 rings (SSSR count). The second-order valence-electron chi connectivity index (χ2n) is 23.9. The zero-order chi connectivity index (χ0) is 53.3. The van der Waals surface area contributed by atoms with Gasteiger partial charge in [0, 0.05) is 45.0 Å². The van der Waals surface area contributed by atoms with Crippen molar-refractivity contribution in [3.8, 4) is 22.3 Å². The number of fused-ring (bicyclic) bond motifs is 6. The maximum Gasteiger partial charge on any atom is 0.123 e. The van der Waals surface area contributed by atoms with E-state index in [0.717, 1.165) is 56.4 Å². The van der Waals surface area contributed by atoms with Gasteiger partial charge in [-0.25, -0.2) is 8.78 Å². The summed E-state index contributed by atoms with van der Waals surface area (Å²) in [6.45, 7) is 22.6. The molecule has 0 bridgehead atoms. The van der Waals surface area contributed by atoms with Crippen LogP contribution in [0.4, 0.5) is 42.9 Å². The van der Waals surface area contributed by atoms with Crippen molar-refractivity contribution in [3.05, 3.63) is 261 Å². The van der Waals surface area contributed by atoms with Gasteiger partial charge in [-0.3, -0.25) is 0 Å². The van der Waals surface area contributed by atoms with Crippen molar-refractivity contribution in [1.82, 2.24) is 0 Å². The van der Waals surface area contributed by atoms with Gasteiger partial charge in [0.05, 0.1) is 0 Å². The van der Waals surface area contributed by atoms with Gasteiger partial charge < -0.3 is 9.80 Å². The van der Waals surface area contributed by atoms with Crippen LogP contribution in [0, 0.1) is 11.6 Å². The molecule has 2 aliphatic carbocycles. The molecular formula is C72H66F2N2. The maximum atomic E-state index is 14.2. The van der Waals surface area contributed by atoms with Crippen molar-refractivity contribution < 1.29 is 8.78 Å². The van der Waals surface area contributed by atoms with Crippen molar-refractivity contribution in [2.75, 3.05) is 9.80 Å². The van der Waals surface area contributed by atoms with E-state index in [2.05, 4.69) is 249 Å². The molecule has 0 amide bonds. The van der Waals surface area contributed by atoms with E-state index in [4.69, 9.17) is 0 Å². The summed E-state index contributed by atoms with van der Waals surface area (Å²) in [6.07, 6.45) is 8.82. The van der Waals surface area contributed by atoms with Crippen LogP contribution in [-0.4, -0.2) is 0 Å². The molecule has 76 heavy (non-hydrogen) atoms. The van der Waals surface area contributed by atoms with Gasteiger partial charge >= 0.3 is 0 Å². The highest BCUT2D eigenvalue weighted by molar-refractivity contribution is 5.89. The summed E-state index contributed by atoms with van der Waals surface area (Å²) in [5.74, 6) is -0.501. The van der Waals surface area contributed by atoms with Crippen molar-refractivity contribution in [1.29, 1.82) is 0 Å². The number of rotatable bonds is 10. The normalized spacial score (nSPS) is 14.2. The van der Waals surface area contributed by atoms with Crippen LogP contribution in [-0.2, 0) is 21.7 Å². The van der Waals surface area contributed by atoms with Crippen LogP contribution < -0.4 is 9.80 Å². The predicted octanol–water partition coefficient (Wildman–Crippen LogP) is 20.5. The minimum Gasteiger partial charge on any atom is -0.310 e. The molecule has 0 atom stereocenters. The summed E-state index contributed by atoms with van der Waals surface area (Å²) >= 11 is 0. The quantitative estimate of drug-likeness (QED) is 0.126. The molecule has 0 heterocycles. The molecule has 0 spiro atoms. The highest BCUT2D eigenvalue weighted by atomic mass is 19.1. The lowest BCUT2D eigenvalue weighted by molar-refractivity contribution is 0.590. The third-order valence-corrected chi connectivity index (χ3v) is 15.9. The fourth-order valence-electron chi connectivity index (χ4n) is 11.4. The third-order valence-electron chi connectivity index (χ3n) is 15.9. The Morgan fingerprint density at radius 2 is 0.553 bits per heavy atom. The average Bonchev–Trinajstić information content (AvgIpc) is 3.86. The summed E-state index contributed by atoms with van der Waals surface area (Å²) in [7, 11) is 0. The number of benzene rings is 9. The standard InChI is InChI=1S/C72H66F2N2/c1-69(2,3)51-21-29-55(30-22-51)75(57-33-25-53(73)26-34-57)59-37-41-63-61-39-19-49(43-65(61)71(7,8)67(63)45-59)17-15-47-11-13-48(14-12-47)16-18-50-20-40-62-64-42-38-60(46-68(64)72(9,10)66(62)44-50)76(58-35-27-54(74)28-36-58)56-31-23-52(24-32-56)70(4,5)6/h11-46H,1-10H3/b17-15+,18-16+. The molecule has 0 N–H and O–H groups in total. The first-order chi connectivity index (χ1) is 36.2. The highest BCUT2D eigenvalue weighted by Crippen LogP contribution is 2.53. The zero-order valence-electron chi connectivity index (χ0n) is 45.4. The van der Waals surface area contributed by atoms with E-state index in [0.29, 0.717) is 0 Å². The van der Waals surface area contributed by atoms with Gasteiger partial charge in [0.2, 0.25) is 0 Å². The highest BCUT2D eigenvalue weighted by Gasteiger charge is 2.38.